The molecule has 1 fully saturated rings. The number of piperazine rings is 1. The molecule has 0 atom stereocenters. The molecule has 0 aromatic heterocycles. The van der Waals surface area contributed by atoms with Crippen LogP contribution in [0.25, 0.3) is 0 Å². The normalized spacial score (nSPS) is 19.1. The number of nitrogens with zero attached hydrogens (tertiary/aromatic N) is 2. The molecule has 0 saturated carbocycles. The lowest BCUT2D eigenvalue weighted by Crippen LogP contribution is -2.46. The second-order valence-electron chi connectivity index (χ2n) is 5.49. The van der Waals surface area contributed by atoms with Gasteiger partial charge in [0, 0.05) is 52.4 Å². The van der Waals surface area contributed by atoms with Gasteiger partial charge in [0.1, 0.15) is 0 Å². The summed E-state index contributed by atoms with van der Waals surface area (Å²) in [4.78, 5) is 4.95. The van der Waals surface area contributed by atoms with Gasteiger partial charge in [0.05, 0.1) is 0 Å². The van der Waals surface area contributed by atoms with Crippen molar-refractivity contribution in [2.45, 2.75) is 13.8 Å². The Morgan fingerprint density at radius 1 is 0.941 bits per heavy atom. The summed E-state index contributed by atoms with van der Waals surface area (Å²) in [5.74, 6) is 0.750. The summed E-state index contributed by atoms with van der Waals surface area (Å²) in [6.07, 6.45) is 0. The molecule has 0 aromatic rings. The monoisotopic (exact) mass is 242 g/mol. The minimum atomic E-state index is 0.750. The molecule has 4 heteroatoms. The van der Waals surface area contributed by atoms with Crippen molar-refractivity contribution in [2.75, 3.05) is 66.0 Å². The Morgan fingerprint density at radius 2 is 1.59 bits per heavy atom. The van der Waals surface area contributed by atoms with Crippen LogP contribution < -0.4 is 10.6 Å². The lowest BCUT2D eigenvalue weighted by Gasteiger charge is -2.32. The van der Waals surface area contributed by atoms with Crippen LogP contribution >= 0.6 is 0 Å². The van der Waals surface area contributed by atoms with Crippen LogP contribution in [0.4, 0.5) is 0 Å². The Hall–Kier alpha value is -0.160. The summed E-state index contributed by atoms with van der Waals surface area (Å²) in [6, 6.07) is 0. The van der Waals surface area contributed by atoms with Crippen LogP contribution in [0, 0.1) is 5.92 Å². The summed E-state index contributed by atoms with van der Waals surface area (Å²) in [7, 11) is 2.20. The maximum atomic E-state index is 3.50. The van der Waals surface area contributed by atoms with E-state index in [-0.39, 0.29) is 0 Å². The number of nitrogens with one attached hydrogen (secondary N) is 2. The molecule has 0 aromatic carbocycles. The molecule has 1 saturated heterocycles. The third kappa shape index (κ3) is 7.71. The highest BCUT2D eigenvalue weighted by Crippen LogP contribution is 1.97. The lowest BCUT2D eigenvalue weighted by molar-refractivity contribution is 0.155. The summed E-state index contributed by atoms with van der Waals surface area (Å²) in [6.45, 7) is 15.0. The van der Waals surface area contributed by atoms with Gasteiger partial charge in [0.25, 0.3) is 0 Å². The van der Waals surface area contributed by atoms with Crippen LogP contribution in [0.1, 0.15) is 13.8 Å². The summed E-state index contributed by atoms with van der Waals surface area (Å²) in [5.41, 5.74) is 0. The minimum Gasteiger partial charge on any atom is -0.315 e. The van der Waals surface area contributed by atoms with Gasteiger partial charge in [0.2, 0.25) is 0 Å². The first-order chi connectivity index (χ1) is 8.18. The highest BCUT2D eigenvalue weighted by atomic mass is 15.2. The van der Waals surface area contributed by atoms with Crippen molar-refractivity contribution in [3.63, 3.8) is 0 Å². The maximum Gasteiger partial charge on any atom is 0.0110 e. The molecule has 1 aliphatic heterocycles. The van der Waals surface area contributed by atoms with Crippen molar-refractivity contribution in [1.82, 2.24) is 20.4 Å². The molecular weight excluding hydrogens is 212 g/mol. The van der Waals surface area contributed by atoms with Gasteiger partial charge in [-0.05, 0) is 19.5 Å². The van der Waals surface area contributed by atoms with Gasteiger partial charge in [-0.25, -0.2) is 0 Å². The zero-order valence-corrected chi connectivity index (χ0v) is 11.8. The molecular formula is C13H30N4. The topological polar surface area (TPSA) is 30.5 Å². The summed E-state index contributed by atoms with van der Waals surface area (Å²) >= 11 is 0. The van der Waals surface area contributed by atoms with E-state index in [0.29, 0.717) is 0 Å². The van der Waals surface area contributed by atoms with E-state index >= 15 is 0 Å². The van der Waals surface area contributed by atoms with Gasteiger partial charge in [-0.3, -0.25) is 4.90 Å². The van der Waals surface area contributed by atoms with E-state index in [4.69, 9.17) is 0 Å². The number of rotatable bonds is 8. The van der Waals surface area contributed by atoms with Crippen LogP contribution in [-0.4, -0.2) is 75.8 Å². The first kappa shape index (κ1) is 14.9. The van der Waals surface area contributed by atoms with Gasteiger partial charge < -0.3 is 15.5 Å². The number of hydrogen-bond donors (Lipinski definition) is 2. The molecule has 0 spiro atoms. The molecule has 0 aliphatic carbocycles. The van der Waals surface area contributed by atoms with Crippen LogP contribution in [0.2, 0.25) is 0 Å². The average molecular weight is 242 g/mol. The largest absolute Gasteiger partial charge is 0.315 e. The van der Waals surface area contributed by atoms with E-state index in [2.05, 4.69) is 41.3 Å². The molecule has 17 heavy (non-hydrogen) atoms. The van der Waals surface area contributed by atoms with Crippen molar-refractivity contribution in [3.05, 3.63) is 0 Å². The van der Waals surface area contributed by atoms with Gasteiger partial charge in [-0.2, -0.15) is 0 Å². The summed E-state index contributed by atoms with van der Waals surface area (Å²) in [5, 5.41) is 6.95. The van der Waals surface area contributed by atoms with E-state index in [1.54, 1.807) is 0 Å². The third-order valence-corrected chi connectivity index (χ3v) is 3.23. The van der Waals surface area contributed by atoms with Crippen LogP contribution in [0.5, 0.6) is 0 Å². The molecule has 1 aliphatic rings. The molecule has 0 amide bonds. The minimum absolute atomic E-state index is 0.750. The summed E-state index contributed by atoms with van der Waals surface area (Å²) < 4.78 is 0. The zero-order valence-electron chi connectivity index (χ0n) is 11.8. The highest BCUT2D eigenvalue weighted by Gasteiger charge is 2.12. The Morgan fingerprint density at radius 3 is 2.24 bits per heavy atom. The van der Waals surface area contributed by atoms with Gasteiger partial charge in [0.15, 0.2) is 0 Å². The van der Waals surface area contributed by atoms with Crippen molar-refractivity contribution in [2.24, 2.45) is 5.92 Å². The average Bonchev–Trinajstić information content (AvgIpc) is 2.30. The maximum absolute atomic E-state index is 3.50. The molecule has 0 radical (unpaired) electrons. The Labute approximate surface area is 107 Å². The van der Waals surface area contributed by atoms with Gasteiger partial charge in [-0.15, -0.1) is 0 Å². The predicted molar refractivity (Wildman–Crippen MR) is 74.5 cm³/mol. The third-order valence-electron chi connectivity index (χ3n) is 3.23. The van der Waals surface area contributed by atoms with Crippen LogP contribution in [-0.2, 0) is 0 Å². The Bertz CT molecular complexity index is 176. The quantitative estimate of drug-likeness (QED) is 0.590. The molecule has 1 rings (SSSR count). The van der Waals surface area contributed by atoms with E-state index < -0.39 is 0 Å². The Balaban J connectivity index is 1.84. The second-order valence-corrected chi connectivity index (χ2v) is 5.49. The fourth-order valence-electron chi connectivity index (χ4n) is 2.00. The fourth-order valence-corrected chi connectivity index (χ4v) is 2.00. The predicted octanol–water partition coefficient (Wildman–Crippen LogP) is 0.0690. The van der Waals surface area contributed by atoms with E-state index in [1.165, 1.54) is 32.7 Å². The smallest absolute Gasteiger partial charge is 0.0110 e. The molecule has 2 N–H and O–H groups in total. The zero-order chi connectivity index (χ0) is 12.5. The van der Waals surface area contributed by atoms with Crippen LogP contribution in [0.3, 0.4) is 0 Å². The lowest BCUT2D eigenvalue weighted by atomic mass is 10.2. The molecule has 0 bridgehead atoms. The molecule has 0 unspecified atom stereocenters. The second kappa shape index (κ2) is 8.86. The van der Waals surface area contributed by atoms with Gasteiger partial charge >= 0.3 is 0 Å². The van der Waals surface area contributed by atoms with Crippen molar-refractivity contribution < 1.29 is 0 Å². The standard InChI is InChI=1S/C13H30N4/c1-13(2)12-15-5-4-14-6-7-17-10-8-16(3)9-11-17/h13-15H,4-12H2,1-3H3. The first-order valence-corrected chi connectivity index (χ1v) is 7.01. The van der Waals surface area contributed by atoms with E-state index in [0.717, 1.165) is 32.1 Å². The van der Waals surface area contributed by atoms with Gasteiger partial charge in [-0.1, -0.05) is 13.8 Å². The fraction of sp³-hybridized carbons (Fsp3) is 1.00. The number of hydrogen-bond acceptors (Lipinski definition) is 4. The number of likely N-dealkylation sites (N-methyl/N-ethyl adjacent to an activating group) is 1. The van der Waals surface area contributed by atoms with Crippen molar-refractivity contribution in [3.8, 4) is 0 Å². The molecule has 4 nitrogen and oxygen atoms in total. The molecule has 102 valence electrons. The SMILES string of the molecule is CC(C)CNCCNCCN1CCN(C)CC1. The first-order valence-electron chi connectivity index (χ1n) is 7.01. The van der Waals surface area contributed by atoms with E-state index in [9.17, 15) is 0 Å². The molecule has 1 heterocycles. The van der Waals surface area contributed by atoms with Crippen molar-refractivity contribution >= 4 is 0 Å². The Kier molecular flexibility index (Phi) is 7.77. The van der Waals surface area contributed by atoms with E-state index in [1.807, 2.05) is 0 Å². The van der Waals surface area contributed by atoms with Crippen molar-refractivity contribution in [1.29, 1.82) is 0 Å². The highest BCUT2D eigenvalue weighted by molar-refractivity contribution is 4.69. The van der Waals surface area contributed by atoms with Crippen LogP contribution in [0.15, 0.2) is 0 Å².